The van der Waals surface area contributed by atoms with E-state index < -0.39 is 0 Å². The highest BCUT2D eigenvalue weighted by Gasteiger charge is 2.21. The first-order chi connectivity index (χ1) is 14.1. The maximum absolute atomic E-state index is 12.0. The zero-order chi connectivity index (χ0) is 23.7. The normalized spacial score (nSPS) is 11.6. The van der Waals surface area contributed by atoms with E-state index in [0.29, 0.717) is 12.3 Å². The Labute approximate surface area is 189 Å². The van der Waals surface area contributed by atoms with Crippen molar-refractivity contribution in [3.8, 4) is 0 Å². The molecular weight excluding hydrogens is 398 g/mol. The minimum absolute atomic E-state index is 0.0219. The Morgan fingerprint density at radius 3 is 2.13 bits per heavy atom. The van der Waals surface area contributed by atoms with E-state index in [2.05, 4.69) is 69.6 Å². The number of aryl methyl sites for hydroxylation is 1. The molecule has 1 N–H and O–H groups in total. The summed E-state index contributed by atoms with van der Waals surface area (Å²) in [5, 5.41) is 0. The van der Waals surface area contributed by atoms with Gasteiger partial charge in [-0.15, -0.1) is 0 Å². The lowest BCUT2D eigenvalue weighted by Gasteiger charge is -2.24. The number of aromatic nitrogens is 2. The number of allylic oxidation sites excluding steroid dienone is 1. The van der Waals surface area contributed by atoms with Crippen molar-refractivity contribution in [1.29, 1.82) is 0 Å². The lowest BCUT2D eigenvalue weighted by molar-refractivity contribution is 0.0731. The summed E-state index contributed by atoms with van der Waals surface area (Å²) in [4.78, 5) is 25.7. The lowest BCUT2D eigenvalue weighted by Crippen LogP contribution is -2.23. The summed E-state index contributed by atoms with van der Waals surface area (Å²) in [7, 11) is 3.16. The number of unbranched alkanes of at least 4 members (excludes halogenated alkanes) is 1. The van der Waals surface area contributed by atoms with E-state index in [-0.39, 0.29) is 17.7 Å². The Bertz CT molecular complexity index is 639. The zero-order valence-electron chi connectivity index (χ0n) is 20.7. The Balaban J connectivity index is 0. The topological polar surface area (TPSA) is 73.3 Å². The van der Waals surface area contributed by atoms with Crippen LogP contribution in [-0.4, -0.2) is 49.4 Å². The Morgan fingerprint density at radius 1 is 1.17 bits per heavy atom. The minimum atomic E-state index is -0.158. The number of ketones is 1. The molecule has 7 heteroatoms. The fourth-order valence-electron chi connectivity index (χ4n) is 2.28. The average Bonchev–Trinajstić information content (AvgIpc) is 2.73. The molecule has 30 heavy (non-hydrogen) atoms. The van der Waals surface area contributed by atoms with Crippen molar-refractivity contribution in [2.75, 3.05) is 33.6 Å². The summed E-state index contributed by atoms with van der Waals surface area (Å²) in [5.41, 5.74) is 6.83. The van der Waals surface area contributed by atoms with Gasteiger partial charge < -0.3 is 9.57 Å². The van der Waals surface area contributed by atoms with Gasteiger partial charge in [-0.3, -0.25) is 9.78 Å². The molecule has 0 radical (unpaired) electrons. The molecule has 0 bridgehead atoms. The maximum Gasteiger partial charge on any atom is 0.198 e. The fraction of sp³-hybridized carbons (Fsp3) is 0.696. The summed E-state index contributed by atoms with van der Waals surface area (Å²) in [6, 6.07) is 0. The second-order valence-electron chi connectivity index (χ2n) is 7.73. The first-order valence-electron chi connectivity index (χ1n) is 10.4. The van der Waals surface area contributed by atoms with E-state index in [1.165, 1.54) is 31.7 Å². The second kappa shape index (κ2) is 17.4. The van der Waals surface area contributed by atoms with Gasteiger partial charge in [-0.1, -0.05) is 53.0 Å². The largest absolute Gasteiger partial charge is 0.384 e. The van der Waals surface area contributed by atoms with Gasteiger partial charge in [-0.2, -0.15) is 18.1 Å². The van der Waals surface area contributed by atoms with Crippen molar-refractivity contribution in [3.05, 3.63) is 28.9 Å². The molecule has 0 aliphatic rings. The van der Waals surface area contributed by atoms with Crippen LogP contribution in [0.15, 0.2) is 11.8 Å². The molecule has 1 rings (SSSR count). The molecule has 0 amide bonds. The quantitative estimate of drug-likeness (QED) is 0.307. The Hall–Kier alpha value is -1.28. The summed E-state index contributed by atoms with van der Waals surface area (Å²) >= 11 is 3.53. The Morgan fingerprint density at radius 2 is 1.73 bits per heavy atom. The van der Waals surface area contributed by atoms with Gasteiger partial charge in [0.2, 0.25) is 0 Å². The van der Waals surface area contributed by atoms with Crippen LogP contribution in [0.2, 0.25) is 0 Å². The number of nitrogens with zero attached hydrogens (tertiary/aromatic N) is 2. The number of thiol groups is 1. The molecule has 1 heterocycles. The van der Waals surface area contributed by atoms with E-state index in [0.717, 1.165) is 23.4 Å². The summed E-state index contributed by atoms with van der Waals surface area (Å²) in [6.45, 7) is 15.6. The first kappa shape index (κ1) is 30.9. The Kier molecular flexibility index (Phi) is 17.9. The molecule has 0 aliphatic carbocycles. The van der Waals surface area contributed by atoms with Crippen LogP contribution in [0.25, 0.3) is 5.57 Å². The van der Waals surface area contributed by atoms with E-state index in [9.17, 15) is 4.79 Å². The molecule has 1 aromatic heterocycles. The van der Waals surface area contributed by atoms with E-state index in [1.54, 1.807) is 13.4 Å². The third kappa shape index (κ3) is 11.8. The highest BCUT2D eigenvalue weighted by molar-refractivity contribution is 7.79. The van der Waals surface area contributed by atoms with Crippen LogP contribution in [0.5, 0.6) is 0 Å². The number of ether oxygens (including phenoxy) is 1. The number of hydrogen-bond acceptors (Lipinski definition) is 7. The number of carbonyl (C=O) groups is 1. The molecule has 0 atom stereocenters. The lowest BCUT2D eigenvalue weighted by atomic mass is 9.82. The van der Waals surface area contributed by atoms with Crippen molar-refractivity contribution in [1.82, 2.24) is 15.4 Å². The number of carbonyl (C=O) groups excluding carboxylic acids is 1. The molecule has 0 spiro atoms. The standard InChI is InChI=1S/C18H29N3O3.C4H10.CH4S/c1-12(18(3,4)5)14(8-9-23-6)17-13(2)21-15(10-19-17)16(22)11-20-24-7;1-3-4-2;1-2/h10,20H,8-9,11H2,1-7H3;3-4H2,1-2H3;2H,1H3/b14-12+;;. The molecule has 0 saturated heterocycles. The van der Waals surface area contributed by atoms with E-state index in [4.69, 9.17) is 9.57 Å². The SMILES string of the molecule is CCCC.COCC/C(=C(/C)C(C)(C)C)c1ncc(C(=O)CNOC)nc1C.CS. The summed E-state index contributed by atoms with van der Waals surface area (Å²) in [6.07, 6.45) is 6.62. The van der Waals surface area contributed by atoms with Gasteiger partial charge in [0, 0.05) is 7.11 Å². The van der Waals surface area contributed by atoms with Crippen LogP contribution >= 0.6 is 12.6 Å². The predicted molar refractivity (Wildman–Crippen MR) is 130 cm³/mol. The minimum Gasteiger partial charge on any atom is -0.384 e. The van der Waals surface area contributed by atoms with Crippen molar-refractivity contribution in [3.63, 3.8) is 0 Å². The second-order valence-corrected chi connectivity index (χ2v) is 7.73. The van der Waals surface area contributed by atoms with Crippen molar-refractivity contribution < 1.29 is 14.4 Å². The monoisotopic (exact) mass is 441 g/mol. The van der Waals surface area contributed by atoms with Crippen molar-refractivity contribution in [2.24, 2.45) is 5.41 Å². The van der Waals surface area contributed by atoms with Crippen LogP contribution in [0, 0.1) is 12.3 Å². The third-order valence-corrected chi connectivity index (χ3v) is 4.53. The van der Waals surface area contributed by atoms with E-state index >= 15 is 0 Å². The van der Waals surface area contributed by atoms with Gasteiger partial charge in [0.25, 0.3) is 0 Å². The predicted octanol–water partition coefficient (Wildman–Crippen LogP) is 5.33. The number of hydrogen-bond donors (Lipinski definition) is 2. The van der Waals surface area contributed by atoms with Crippen LogP contribution in [-0.2, 0) is 9.57 Å². The molecule has 1 aromatic rings. The van der Waals surface area contributed by atoms with Gasteiger partial charge >= 0.3 is 0 Å². The zero-order valence-corrected chi connectivity index (χ0v) is 21.6. The molecule has 0 unspecified atom stereocenters. The van der Waals surface area contributed by atoms with E-state index in [1.807, 2.05) is 6.92 Å². The number of nitrogens with one attached hydrogen (secondary N) is 1. The first-order valence-corrected chi connectivity index (χ1v) is 11.3. The molecule has 0 aromatic carbocycles. The molecule has 174 valence electrons. The number of Topliss-reactive ketones (excluding diaryl/α,β-unsaturated/α-hetero) is 1. The van der Waals surface area contributed by atoms with Crippen molar-refractivity contribution in [2.45, 2.75) is 67.7 Å². The van der Waals surface area contributed by atoms with Crippen molar-refractivity contribution >= 4 is 24.0 Å². The van der Waals surface area contributed by atoms with Gasteiger partial charge in [-0.25, -0.2) is 4.98 Å². The molecule has 0 fully saturated rings. The molecular formula is C23H43N3O3S. The third-order valence-electron chi connectivity index (χ3n) is 4.53. The highest BCUT2D eigenvalue weighted by Crippen LogP contribution is 2.34. The van der Waals surface area contributed by atoms with Crippen LogP contribution in [0.1, 0.15) is 82.7 Å². The van der Waals surface area contributed by atoms with Crippen LogP contribution in [0.3, 0.4) is 0 Å². The van der Waals surface area contributed by atoms with Crippen LogP contribution in [0.4, 0.5) is 0 Å². The molecule has 6 nitrogen and oxygen atoms in total. The smallest absolute Gasteiger partial charge is 0.198 e. The number of rotatable bonds is 9. The molecule has 0 aliphatic heterocycles. The van der Waals surface area contributed by atoms with Gasteiger partial charge in [0.05, 0.1) is 37.8 Å². The number of methoxy groups -OCH3 is 1. The number of hydroxylamine groups is 1. The maximum atomic E-state index is 12.0. The summed E-state index contributed by atoms with van der Waals surface area (Å²) < 4.78 is 5.24. The van der Waals surface area contributed by atoms with Crippen LogP contribution < -0.4 is 5.48 Å². The summed E-state index contributed by atoms with van der Waals surface area (Å²) in [5.74, 6) is -0.158. The molecule has 0 saturated carbocycles. The highest BCUT2D eigenvalue weighted by atomic mass is 32.1. The van der Waals surface area contributed by atoms with Gasteiger partial charge in [0.15, 0.2) is 5.78 Å². The van der Waals surface area contributed by atoms with Gasteiger partial charge in [0.1, 0.15) is 5.69 Å². The average molecular weight is 442 g/mol. The fourth-order valence-corrected chi connectivity index (χ4v) is 2.28. The van der Waals surface area contributed by atoms with Gasteiger partial charge in [-0.05, 0) is 37.5 Å².